The van der Waals surface area contributed by atoms with E-state index in [-0.39, 0.29) is 24.1 Å². The van der Waals surface area contributed by atoms with E-state index >= 15 is 0 Å². The van der Waals surface area contributed by atoms with E-state index in [4.69, 9.17) is 10.5 Å². The molecule has 2 rings (SSSR count). The van der Waals surface area contributed by atoms with Crippen LogP contribution in [-0.4, -0.2) is 36.5 Å². The van der Waals surface area contributed by atoms with Gasteiger partial charge in [0.15, 0.2) is 0 Å². The zero-order chi connectivity index (χ0) is 16.0. The molecule has 0 bridgehead atoms. The highest BCUT2D eigenvalue weighted by Gasteiger charge is 2.36. The van der Waals surface area contributed by atoms with Crippen molar-refractivity contribution in [3.8, 4) is 5.75 Å². The Balaban J connectivity index is 0.00000264. The van der Waals surface area contributed by atoms with Crippen molar-refractivity contribution >= 4 is 18.3 Å². The number of carbonyl (C=O) groups is 1. The van der Waals surface area contributed by atoms with Gasteiger partial charge >= 0.3 is 0 Å². The fourth-order valence-corrected chi connectivity index (χ4v) is 2.90. The van der Waals surface area contributed by atoms with Crippen LogP contribution in [0.25, 0.3) is 0 Å². The summed E-state index contributed by atoms with van der Waals surface area (Å²) in [5, 5.41) is 0. The summed E-state index contributed by atoms with van der Waals surface area (Å²) < 4.78 is 18.3. The number of nitrogens with two attached hydrogens (primary N) is 1. The maximum Gasteiger partial charge on any atom is 0.242 e. The molecule has 0 unspecified atom stereocenters. The molecule has 2 N–H and O–H groups in total. The van der Waals surface area contributed by atoms with Crippen LogP contribution in [0.15, 0.2) is 24.3 Å². The lowest BCUT2D eigenvalue weighted by Gasteiger charge is -2.35. The first-order valence-electron chi connectivity index (χ1n) is 7.94. The zero-order valence-corrected chi connectivity index (χ0v) is 14.4. The number of benzene rings is 1. The maximum atomic E-state index is 12.8. The van der Waals surface area contributed by atoms with Gasteiger partial charge in [0.05, 0.1) is 12.1 Å². The number of halogens is 2. The molecule has 0 heterocycles. The van der Waals surface area contributed by atoms with E-state index in [1.165, 1.54) is 18.6 Å². The SMILES string of the molecule is CN(CCCOc1ccc(F)cc1)C(=O)C1(N)CCCCC1.Cl. The highest BCUT2D eigenvalue weighted by atomic mass is 35.5. The molecule has 1 fully saturated rings. The summed E-state index contributed by atoms with van der Waals surface area (Å²) in [7, 11) is 1.80. The first kappa shape index (κ1) is 19.7. The summed E-state index contributed by atoms with van der Waals surface area (Å²) in [6.07, 6.45) is 5.51. The molecule has 1 saturated carbocycles. The van der Waals surface area contributed by atoms with Gasteiger partial charge in [0.25, 0.3) is 0 Å². The second-order valence-electron chi connectivity index (χ2n) is 6.10. The van der Waals surface area contributed by atoms with Crippen molar-refractivity contribution < 1.29 is 13.9 Å². The van der Waals surface area contributed by atoms with E-state index in [0.717, 1.165) is 32.1 Å². The van der Waals surface area contributed by atoms with E-state index in [1.54, 1.807) is 24.1 Å². The Morgan fingerprint density at radius 3 is 2.48 bits per heavy atom. The molecule has 4 nitrogen and oxygen atoms in total. The predicted molar refractivity (Wildman–Crippen MR) is 91.4 cm³/mol. The van der Waals surface area contributed by atoms with Gasteiger partial charge in [-0.1, -0.05) is 19.3 Å². The van der Waals surface area contributed by atoms with Crippen molar-refractivity contribution in [1.29, 1.82) is 0 Å². The number of amides is 1. The minimum absolute atomic E-state index is 0. The summed E-state index contributed by atoms with van der Waals surface area (Å²) in [4.78, 5) is 14.1. The number of rotatable bonds is 6. The molecule has 1 aliphatic rings. The fraction of sp³-hybridized carbons (Fsp3) is 0.588. The van der Waals surface area contributed by atoms with Crippen molar-refractivity contribution in [1.82, 2.24) is 4.90 Å². The monoisotopic (exact) mass is 344 g/mol. The largest absolute Gasteiger partial charge is 0.494 e. The lowest BCUT2D eigenvalue weighted by Crippen LogP contribution is -2.55. The molecular formula is C17H26ClFN2O2. The van der Waals surface area contributed by atoms with E-state index in [0.29, 0.717) is 18.9 Å². The van der Waals surface area contributed by atoms with Gasteiger partial charge in [-0.05, 0) is 43.5 Å². The summed E-state index contributed by atoms with van der Waals surface area (Å²) >= 11 is 0. The molecule has 6 heteroatoms. The van der Waals surface area contributed by atoms with Gasteiger partial charge in [0.1, 0.15) is 11.6 Å². The normalized spacial score (nSPS) is 16.3. The average Bonchev–Trinajstić information content (AvgIpc) is 2.53. The lowest BCUT2D eigenvalue weighted by molar-refractivity contribution is -0.137. The lowest BCUT2D eigenvalue weighted by atomic mass is 9.81. The second-order valence-corrected chi connectivity index (χ2v) is 6.10. The number of ether oxygens (including phenoxy) is 1. The molecule has 0 aromatic heterocycles. The summed E-state index contributed by atoms with van der Waals surface area (Å²) in [6, 6.07) is 5.93. The van der Waals surface area contributed by atoms with Gasteiger partial charge in [-0.15, -0.1) is 12.4 Å². The van der Waals surface area contributed by atoms with Crippen LogP contribution in [0.3, 0.4) is 0 Å². The van der Waals surface area contributed by atoms with Crippen molar-refractivity contribution in [2.24, 2.45) is 5.73 Å². The van der Waals surface area contributed by atoms with Crippen molar-refractivity contribution in [3.63, 3.8) is 0 Å². The average molecular weight is 345 g/mol. The van der Waals surface area contributed by atoms with Crippen LogP contribution >= 0.6 is 12.4 Å². The quantitative estimate of drug-likeness (QED) is 0.806. The summed E-state index contributed by atoms with van der Waals surface area (Å²) in [5.74, 6) is 0.394. The molecule has 0 radical (unpaired) electrons. The number of hydrogen-bond donors (Lipinski definition) is 1. The fourth-order valence-electron chi connectivity index (χ4n) is 2.90. The van der Waals surface area contributed by atoms with Gasteiger partial charge in [-0.25, -0.2) is 4.39 Å². The van der Waals surface area contributed by atoms with Crippen LogP contribution in [-0.2, 0) is 4.79 Å². The Hall–Kier alpha value is -1.33. The van der Waals surface area contributed by atoms with Crippen molar-refractivity contribution in [2.75, 3.05) is 20.2 Å². The van der Waals surface area contributed by atoms with E-state index < -0.39 is 5.54 Å². The third kappa shape index (κ3) is 5.66. The van der Waals surface area contributed by atoms with Gasteiger partial charge in [-0.3, -0.25) is 4.79 Å². The van der Waals surface area contributed by atoms with Gasteiger partial charge in [0, 0.05) is 13.6 Å². The van der Waals surface area contributed by atoms with Crippen LogP contribution in [0.2, 0.25) is 0 Å². The molecule has 0 spiro atoms. The summed E-state index contributed by atoms with van der Waals surface area (Å²) in [6.45, 7) is 1.10. The Bertz CT molecular complexity index is 490. The number of nitrogens with zero attached hydrogens (tertiary/aromatic N) is 1. The van der Waals surface area contributed by atoms with Crippen molar-refractivity contribution in [2.45, 2.75) is 44.1 Å². The first-order valence-corrected chi connectivity index (χ1v) is 7.94. The Kier molecular flexibility index (Phi) is 7.79. The molecular weight excluding hydrogens is 319 g/mol. The van der Waals surface area contributed by atoms with Crippen LogP contribution < -0.4 is 10.5 Å². The highest BCUT2D eigenvalue weighted by molar-refractivity contribution is 5.86. The van der Waals surface area contributed by atoms with Gasteiger partial charge in [-0.2, -0.15) is 0 Å². The topological polar surface area (TPSA) is 55.6 Å². The second kappa shape index (κ2) is 9.08. The zero-order valence-electron chi connectivity index (χ0n) is 13.6. The minimum Gasteiger partial charge on any atom is -0.494 e. The Morgan fingerprint density at radius 1 is 1.26 bits per heavy atom. The van der Waals surface area contributed by atoms with Gasteiger partial charge in [0.2, 0.25) is 5.91 Å². The molecule has 0 saturated heterocycles. The highest BCUT2D eigenvalue weighted by Crippen LogP contribution is 2.27. The van der Waals surface area contributed by atoms with Crippen LogP contribution in [0, 0.1) is 5.82 Å². The smallest absolute Gasteiger partial charge is 0.242 e. The molecule has 0 aliphatic heterocycles. The number of likely N-dealkylation sites (N-methyl/N-ethyl adjacent to an activating group) is 1. The van der Waals surface area contributed by atoms with Crippen LogP contribution in [0.4, 0.5) is 4.39 Å². The van der Waals surface area contributed by atoms with E-state index in [2.05, 4.69) is 0 Å². The first-order chi connectivity index (χ1) is 10.5. The minimum atomic E-state index is -0.676. The van der Waals surface area contributed by atoms with E-state index in [9.17, 15) is 9.18 Å². The third-order valence-electron chi connectivity index (χ3n) is 4.24. The Labute approximate surface area is 143 Å². The van der Waals surface area contributed by atoms with Crippen LogP contribution in [0.5, 0.6) is 5.75 Å². The van der Waals surface area contributed by atoms with Crippen molar-refractivity contribution in [3.05, 3.63) is 30.1 Å². The molecule has 130 valence electrons. The number of carbonyl (C=O) groups excluding carboxylic acids is 1. The number of hydrogen-bond acceptors (Lipinski definition) is 3. The van der Waals surface area contributed by atoms with Gasteiger partial charge < -0.3 is 15.4 Å². The van der Waals surface area contributed by atoms with E-state index in [1.807, 2.05) is 0 Å². The molecule has 1 amide bonds. The molecule has 1 aliphatic carbocycles. The molecule has 1 aromatic rings. The third-order valence-corrected chi connectivity index (χ3v) is 4.24. The molecule has 0 atom stereocenters. The molecule has 1 aromatic carbocycles. The Morgan fingerprint density at radius 2 is 1.87 bits per heavy atom. The summed E-state index contributed by atoms with van der Waals surface area (Å²) in [5.41, 5.74) is 5.58. The predicted octanol–water partition coefficient (Wildman–Crippen LogP) is 3.14. The standard InChI is InChI=1S/C17H25FN2O2.ClH/c1-20(16(21)17(19)10-3-2-4-11-17)12-5-13-22-15-8-6-14(18)7-9-15;/h6-9H,2-5,10-13,19H2,1H3;1H. The molecule has 23 heavy (non-hydrogen) atoms. The van der Waals surface area contributed by atoms with Crippen LogP contribution in [0.1, 0.15) is 38.5 Å². The maximum absolute atomic E-state index is 12.8.